The summed E-state index contributed by atoms with van der Waals surface area (Å²) < 4.78 is 0. The summed E-state index contributed by atoms with van der Waals surface area (Å²) >= 11 is 0. The minimum atomic E-state index is 0.105. The first-order chi connectivity index (χ1) is 11.1. The zero-order chi connectivity index (χ0) is 16.2. The largest absolute Gasteiger partial charge is 0.353 e. The number of benzene rings is 1. The number of hydrogen-bond acceptors (Lipinski definition) is 2. The summed E-state index contributed by atoms with van der Waals surface area (Å²) in [6.45, 7) is 3.03. The Kier molecular flexibility index (Phi) is 4.99. The minimum Gasteiger partial charge on any atom is -0.353 e. The second kappa shape index (κ2) is 7.16. The van der Waals surface area contributed by atoms with Crippen molar-refractivity contribution in [2.45, 2.75) is 57.9 Å². The molecule has 2 atom stereocenters. The number of nitrogens with zero attached hydrogens (tertiary/aromatic N) is 1. The van der Waals surface area contributed by atoms with E-state index in [-0.39, 0.29) is 11.8 Å². The van der Waals surface area contributed by atoms with Crippen molar-refractivity contribution in [1.82, 2.24) is 5.32 Å². The van der Waals surface area contributed by atoms with Gasteiger partial charge in [0.05, 0.1) is 6.42 Å². The van der Waals surface area contributed by atoms with Gasteiger partial charge in [-0.05, 0) is 42.9 Å². The van der Waals surface area contributed by atoms with Gasteiger partial charge in [-0.2, -0.15) is 0 Å². The molecule has 1 aromatic carbocycles. The van der Waals surface area contributed by atoms with Crippen LogP contribution in [0.1, 0.15) is 51.0 Å². The molecule has 23 heavy (non-hydrogen) atoms. The molecule has 0 unspecified atom stereocenters. The quantitative estimate of drug-likeness (QED) is 0.928. The van der Waals surface area contributed by atoms with Gasteiger partial charge in [-0.15, -0.1) is 0 Å². The summed E-state index contributed by atoms with van der Waals surface area (Å²) in [4.78, 5) is 25.8. The van der Waals surface area contributed by atoms with Crippen LogP contribution in [0.4, 0.5) is 5.69 Å². The van der Waals surface area contributed by atoms with E-state index in [0.29, 0.717) is 24.8 Å². The van der Waals surface area contributed by atoms with E-state index < -0.39 is 0 Å². The van der Waals surface area contributed by atoms with E-state index in [0.717, 1.165) is 30.6 Å². The SMILES string of the molecule is C[C@H]1CCCC[C@@H]1NC(=O)Cc1ccc(N2CCCC2=O)cc1. The third-order valence-electron chi connectivity index (χ3n) is 5.14. The molecule has 2 fully saturated rings. The molecule has 0 bridgehead atoms. The highest BCUT2D eigenvalue weighted by molar-refractivity contribution is 5.95. The average molecular weight is 314 g/mol. The van der Waals surface area contributed by atoms with Crippen LogP contribution in [0.15, 0.2) is 24.3 Å². The van der Waals surface area contributed by atoms with Gasteiger partial charge in [0.15, 0.2) is 0 Å². The lowest BCUT2D eigenvalue weighted by atomic mass is 9.86. The number of carbonyl (C=O) groups is 2. The molecule has 1 aromatic rings. The number of rotatable bonds is 4. The molecule has 0 aromatic heterocycles. The molecule has 1 heterocycles. The maximum Gasteiger partial charge on any atom is 0.227 e. The van der Waals surface area contributed by atoms with Gasteiger partial charge in [-0.1, -0.05) is 31.9 Å². The third kappa shape index (κ3) is 3.92. The van der Waals surface area contributed by atoms with Crippen molar-refractivity contribution in [2.75, 3.05) is 11.4 Å². The number of hydrogen-bond donors (Lipinski definition) is 1. The van der Waals surface area contributed by atoms with E-state index in [1.807, 2.05) is 29.2 Å². The molecule has 0 radical (unpaired) electrons. The van der Waals surface area contributed by atoms with E-state index >= 15 is 0 Å². The molecule has 1 aliphatic heterocycles. The van der Waals surface area contributed by atoms with Gasteiger partial charge >= 0.3 is 0 Å². The smallest absolute Gasteiger partial charge is 0.227 e. The van der Waals surface area contributed by atoms with Crippen molar-refractivity contribution in [1.29, 1.82) is 0 Å². The highest BCUT2D eigenvalue weighted by atomic mass is 16.2. The van der Waals surface area contributed by atoms with Crippen LogP contribution >= 0.6 is 0 Å². The van der Waals surface area contributed by atoms with Gasteiger partial charge < -0.3 is 10.2 Å². The summed E-state index contributed by atoms with van der Waals surface area (Å²) in [6, 6.07) is 8.16. The van der Waals surface area contributed by atoms with Crippen LogP contribution in [0.5, 0.6) is 0 Å². The van der Waals surface area contributed by atoms with Gasteiger partial charge in [-0.3, -0.25) is 9.59 Å². The zero-order valence-electron chi connectivity index (χ0n) is 13.9. The molecule has 1 aliphatic carbocycles. The molecule has 1 N–H and O–H groups in total. The lowest BCUT2D eigenvalue weighted by Crippen LogP contribution is -2.41. The standard InChI is InChI=1S/C19H26N2O2/c1-14-5-2-3-6-17(14)20-18(22)13-15-8-10-16(11-9-15)21-12-4-7-19(21)23/h8-11,14,17H,2-7,12-13H2,1H3,(H,20,22)/t14-,17-/m0/s1. The average Bonchev–Trinajstić information content (AvgIpc) is 2.96. The van der Waals surface area contributed by atoms with E-state index in [2.05, 4.69) is 12.2 Å². The normalized spacial score (nSPS) is 24.7. The Morgan fingerprint density at radius 1 is 1.17 bits per heavy atom. The fourth-order valence-electron chi connectivity index (χ4n) is 3.69. The first-order valence-corrected chi connectivity index (χ1v) is 8.82. The van der Waals surface area contributed by atoms with E-state index in [1.165, 1.54) is 19.3 Å². The van der Waals surface area contributed by atoms with Crippen molar-refractivity contribution in [2.24, 2.45) is 5.92 Å². The third-order valence-corrected chi connectivity index (χ3v) is 5.14. The monoisotopic (exact) mass is 314 g/mol. The van der Waals surface area contributed by atoms with Gasteiger partial charge in [-0.25, -0.2) is 0 Å². The topological polar surface area (TPSA) is 49.4 Å². The Hall–Kier alpha value is -1.84. The van der Waals surface area contributed by atoms with Gasteiger partial charge in [0.1, 0.15) is 0 Å². The van der Waals surface area contributed by atoms with Crippen LogP contribution in [0, 0.1) is 5.92 Å². The van der Waals surface area contributed by atoms with Crippen LogP contribution in [0.3, 0.4) is 0 Å². The highest BCUT2D eigenvalue weighted by Crippen LogP contribution is 2.24. The van der Waals surface area contributed by atoms with Gasteiger partial charge in [0.2, 0.25) is 11.8 Å². The maximum atomic E-state index is 12.2. The summed E-state index contributed by atoms with van der Waals surface area (Å²) in [5.41, 5.74) is 1.94. The number of amides is 2. The van der Waals surface area contributed by atoms with Crippen molar-refractivity contribution in [3.8, 4) is 0 Å². The second-order valence-corrected chi connectivity index (χ2v) is 6.93. The Morgan fingerprint density at radius 2 is 1.91 bits per heavy atom. The van der Waals surface area contributed by atoms with Crippen molar-refractivity contribution in [3.63, 3.8) is 0 Å². The van der Waals surface area contributed by atoms with E-state index in [9.17, 15) is 9.59 Å². The second-order valence-electron chi connectivity index (χ2n) is 6.93. The Bertz CT molecular complexity index is 567. The molecule has 2 amide bonds. The van der Waals surface area contributed by atoms with Gasteiger partial charge in [0, 0.05) is 24.7 Å². The van der Waals surface area contributed by atoms with Crippen LogP contribution < -0.4 is 10.2 Å². The van der Waals surface area contributed by atoms with Crippen LogP contribution in [0.25, 0.3) is 0 Å². The summed E-state index contributed by atoms with van der Waals surface area (Å²) in [7, 11) is 0. The lowest BCUT2D eigenvalue weighted by Gasteiger charge is -2.29. The molecular weight excluding hydrogens is 288 g/mol. The Labute approximate surface area is 138 Å². The summed E-state index contributed by atoms with van der Waals surface area (Å²) in [5.74, 6) is 0.881. The number of anilines is 1. The molecule has 124 valence electrons. The molecule has 4 heteroatoms. The lowest BCUT2D eigenvalue weighted by molar-refractivity contribution is -0.121. The number of carbonyl (C=O) groups excluding carboxylic acids is 2. The van der Waals surface area contributed by atoms with Crippen molar-refractivity contribution in [3.05, 3.63) is 29.8 Å². The fraction of sp³-hybridized carbons (Fsp3) is 0.579. The highest BCUT2D eigenvalue weighted by Gasteiger charge is 2.23. The van der Waals surface area contributed by atoms with E-state index in [1.54, 1.807) is 0 Å². The fourth-order valence-corrected chi connectivity index (χ4v) is 3.69. The zero-order valence-corrected chi connectivity index (χ0v) is 13.9. The molecule has 4 nitrogen and oxygen atoms in total. The van der Waals surface area contributed by atoms with Crippen LogP contribution in [-0.2, 0) is 16.0 Å². The molecular formula is C19H26N2O2. The predicted molar refractivity (Wildman–Crippen MR) is 91.3 cm³/mol. The Morgan fingerprint density at radius 3 is 2.57 bits per heavy atom. The number of nitrogens with one attached hydrogen (secondary N) is 1. The van der Waals surface area contributed by atoms with Crippen molar-refractivity contribution < 1.29 is 9.59 Å². The van der Waals surface area contributed by atoms with Crippen LogP contribution in [-0.4, -0.2) is 24.4 Å². The van der Waals surface area contributed by atoms with Gasteiger partial charge in [0.25, 0.3) is 0 Å². The Balaban J connectivity index is 1.55. The summed E-state index contributed by atoms with van der Waals surface area (Å²) in [5, 5.41) is 3.19. The maximum absolute atomic E-state index is 12.2. The molecule has 2 aliphatic rings. The molecule has 1 saturated carbocycles. The predicted octanol–water partition coefficient (Wildman–Crippen LogP) is 3.05. The van der Waals surface area contributed by atoms with E-state index in [4.69, 9.17) is 0 Å². The first-order valence-electron chi connectivity index (χ1n) is 8.82. The molecule has 3 rings (SSSR count). The van der Waals surface area contributed by atoms with Crippen LogP contribution in [0.2, 0.25) is 0 Å². The molecule has 1 saturated heterocycles. The minimum absolute atomic E-state index is 0.105. The summed E-state index contributed by atoms with van der Waals surface area (Å²) in [6.07, 6.45) is 6.80. The molecule has 0 spiro atoms. The first kappa shape index (κ1) is 16.0. The van der Waals surface area contributed by atoms with Crippen molar-refractivity contribution >= 4 is 17.5 Å².